The summed E-state index contributed by atoms with van der Waals surface area (Å²) in [5.41, 5.74) is -0.832. The van der Waals surface area contributed by atoms with E-state index in [2.05, 4.69) is 20.9 Å². The zero-order valence-corrected chi connectivity index (χ0v) is 29.0. The van der Waals surface area contributed by atoms with Gasteiger partial charge in [-0.3, -0.25) is 29.1 Å². The van der Waals surface area contributed by atoms with Crippen molar-refractivity contribution in [1.29, 1.82) is 0 Å². The first-order chi connectivity index (χ1) is 22.5. The lowest BCUT2D eigenvalue weighted by Crippen LogP contribution is -2.60. The number of likely N-dealkylation sites (tertiary alicyclic amines) is 1. The molecule has 2 saturated heterocycles. The van der Waals surface area contributed by atoms with Crippen LogP contribution in [0.2, 0.25) is 5.02 Å². The van der Waals surface area contributed by atoms with Gasteiger partial charge in [-0.05, 0) is 48.6 Å². The standard InChI is InChI=1S/C30H25BrCl3F3N4O7/c1-39(23-16(32)6-7-19(38-23)30(35,36)37)41-24(43)14-5-4-13-15(20(14)25(41)44)10-28(33)26(45)40(11-31)27(46)29(28,34)21(13)12-8-17(47-2)22(42)18(9-12)48-3/h4,6-9,14-15,20-21,42H,5,10-11H2,1-3H3. The van der Waals surface area contributed by atoms with Crippen LogP contribution in [0.5, 0.6) is 17.2 Å². The number of imide groups is 2. The van der Waals surface area contributed by atoms with Gasteiger partial charge in [0.05, 0.1) is 36.5 Å². The van der Waals surface area contributed by atoms with E-state index in [0.717, 1.165) is 16.0 Å². The second-order valence-electron chi connectivity index (χ2n) is 11.8. The number of fused-ring (bicyclic) bond motifs is 4. The third-order valence-corrected chi connectivity index (χ3v) is 11.8. The number of aromatic nitrogens is 1. The Bertz CT molecular complexity index is 1790. The summed E-state index contributed by atoms with van der Waals surface area (Å²) in [6, 6.07) is 4.46. The summed E-state index contributed by atoms with van der Waals surface area (Å²) >= 11 is 23.8. The summed E-state index contributed by atoms with van der Waals surface area (Å²) in [4.78, 5) is 56.2. The molecule has 0 bridgehead atoms. The number of alkyl halides is 6. The molecule has 0 radical (unpaired) electrons. The molecule has 6 rings (SSSR count). The van der Waals surface area contributed by atoms with Crippen molar-refractivity contribution in [2.45, 2.75) is 34.7 Å². The van der Waals surface area contributed by atoms with E-state index in [1.807, 2.05) is 0 Å². The van der Waals surface area contributed by atoms with Gasteiger partial charge in [-0.25, -0.2) is 4.98 Å². The van der Waals surface area contributed by atoms with Gasteiger partial charge in [0, 0.05) is 13.0 Å². The van der Waals surface area contributed by atoms with Crippen LogP contribution in [0.25, 0.3) is 0 Å². The highest BCUT2D eigenvalue weighted by atomic mass is 79.9. The van der Waals surface area contributed by atoms with Gasteiger partial charge in [-0.15, -0.1) is 23.2 Å². The number of ether oxygens (including phenoxy) is 2. The highest BCUT2D eigenvalue weighted by molar-refractivity contribution is 9.09. The lowest BCUT2D eigenvalue weighted by molar-refractivity contribution is -0.142. The molecule has 1 N–H and O–H groups in total. The number of phenolic OH excluding ortho intramolecular Hbond substituents is 1. The number of methoxy groups -OCH3 is 2. The summed E-state index contributed by atoms with van der Waals surface area (Å²) in [5.74, 6) is -8.39. The summed E-state index contributed by atoms with van der Waals surface area (Å²) in [7, 11) is 3.78. The largest absolute Gasteiger partial charge is 0.502 e. The monoisotopic (exact) mass is 794 g/mol. The van der Waals surface area contributed by atoms with Crippen LogP contribution >= 0.6 is 50.7 Å². The van der Waals surface area contributed by atoms with Gasteiger partial charge in [0.1, 0.15) is 5.69 Å². The van der Waals surface area contributed by atoms with Gasteiger partial charge in [-0.2, -0.15) is 18.2 Å². The number of pyridine rings is 1. The van der Waals surface area contributed by atoms with Crippen molar-refractivity contribution in [3.8, 4) is 17.2 Å². The predicted molar refractivity (Wildman–Crippen MR) is 169 cm³/mol. The third kappa shape index (κ3) is 4.63. The number of hydrogen-bond donors (Lipinski definition) is 1. The zero-order valence-electron chi connectivity index (χ0n) is 25.1. The minimum atomic E-state index is -4.83. The van der Waals surface area contributed by atoms with Crippen LogP contribution in [0.3, 0.4) is 0 Å². The molecule has 6 unspecified atom stereocenters. The van der Waals surface area contributed by atoms with Gasteiger partial charge in [-0.1, -0.05) is 39.2 Å². The first-order valence-corrected chi connectivity index (χ1v) is 16.5. The van der Waals surface area contributed by atoms with E-state index in [1.165, 1.54) is 33.4 Å². The fraction of sp³-hybridized carbons (Fsp3) is 0.433. The molecule has 48 heavy (non-hydrogen) atoms. The molecule has 1 aromatic heterocycles. The number of benzene rings is 1. The van der Waals surface area contributed by atoms with Crippen LogP contribution < -0.4 is 14.5 Å². The Morgan fingerprint density at radius 2 is 1.69 bits per heavy atom. The Kier molecular flexibility index (Phi) is 8.41. The van der Waals surface area contributed by atoms with Gasteiger partial charge >= 0.3 is 6.18 Å². The van der Waals surface area contributed by atoms with E-state index >= 15 is 0 Å². The molecule has 2 aliphatic carbocycles. The van der Waals surface area contributed by atoms with Crippen molar-refractivity contribution in [1.82, 2.24) is 14.9 Å². The normalized spacial score (nSPS) is 29.8. The van der Waals surface area contributed by atoms with Crippen LogP contribution in [-0.2, 0) is 25.4 Å². The van der Waals surface area contributed by atoms with E-state index in [0.29, 0.717) is 16.6 Å². The lowest BCUT2D eigenvalue weighted by atomic mass is 9.56. The molecule has 1 aromatic carbocycles. The molecule has 6 atom stereocenters. The van der Waals surface area contributed by atoms with E-state index in [-0.39, 0.29) is 46.1 Å². The topological polar surface area (TPSA) is 130 Å². The van der Waals surface area contributed by atoms with Crippen LogP contribution in [0, 0.1) is 17.8 Å². The molecule has 11 nitrogen and oxygen atoms in total. The molecule has 4 aliphatic rings. The molecule has 2 aromatic rings. The fourth-order valence-electron chi connectivity index (χ4n) is 7.40. The Morgan fingerprint density at radius 1 is 1.06 bits per heavy atom. The number of hydrazine groups is 1. The number of phenols is 1. The second-order valence-corrected chi connectivity index (χ2v) is 13.9. The molecule has 4 amide bonds. The number of halogens is 7. The van der Waals surface area contributed by atoms with Gasteiger partial charge < -0.3 is 14.6 Å². The predicted octanol–water partition coefficient (Wildman–Crippen LogP) is 5.24. The first-order valence-electron chi connectivity index (χ1n) is 14.3. The smallest absolute Gasteiger partial charge is 0.433 e. The fourth-order valence-corrected chi connectivity index (χ4v) is 9.05. The average molecular weight is 797 g/mol. The second kappa shape index (κ2) is 11.7. The van der Waals surface area contributed by atoms with Crippen LogP contribution in [0.15, 0.2) is 35.9 Å². The van der Waals surface area contributed by atoms with Crippen molar-refractivity contribution < 1.29 is 46.9 Å². The quantitative estimate of drug-likeness (QED) is 0.181. The maximum atomic E-state index is 14.3. The minimum Gasteiger partial charge on any atom is -0.502 e. The highest BCUT2D eigenvalue weighted by Crippen LogP contribution is 2.66. The minimum absolute atomic E-state index is 0.0232. The number of anilines is 1. The number of hydrogen-bond acceptors (Lipinski definition) is 9. The summed E-state index contributed by atoms with van der Waals surface area (Å²) in [5, 5.41) is 12.0. The van der Waals surface area contributed by atoms with Crippen LogP contribution in [0.1, 0.15) is 30.0 Å². The Labute approximate surface area is 294 Å². The Morgan fingerprint density at radius 3 is 2.25 bits per heavy atom. The maximum Gasteiger partial charge on any atom is 0.433 e. The number of aromatic hydroxyl groups is 1. The van der Waals surface area contributed by atoms with E-state index in [9.17, 15) is 37.5 Å². The highest BCUT2D eigenvalue weighted by Gasteiger charge is 2.76. The van der Waals surface area contributed by atoms with Gasteiger partial charge in [0.25, 0.3) is 23.6 Å². The van der Waals surface area contributed by atoms with Crippen molar-refractivity contribution >= 4 is 80.2 Å². The van der Waals surface area contributed by atoms with E-state index < -0.39 is 74.7 Å². The van der Waals surface area contributed by atoms with Crippen molar-refractivity contribution in [2.24, 2.45) is 17.8 Å². The number of rotatable bonds is 6. The summed E-state index contributed by atoms with van der Waals surface area (Å²) in [6.07, 6.45) is -3.52. The van der Waals surface area contributed by atoms with Crippen molar-refractivity contribution in [3.63, 3.8) is 0 Å². The van der Waals surface area contributed by atoms with E-state index in [4.69, 9.17) is 44.3 Å². The Hall–Kier alpha value is -3.27. The number of allylic oxidation sites excluding steroid dienone is 2. The van der Waals surface area contributed by atoms with Crippen molar-refractivity contribution in [2.75, 3.05) is 31.7 Å². The molecule has 3 heterocycles. The van der Waals surface area contributed by atoms with Crippen LogP contribution in [0.4, 0.5) is 19.0 Å². The number of carbonyl (C=O) groups excluding carboxylic acids is 4. The molecule has 3 fully saturated rings. The third-order valence-electron chi connectivity index (χ3n) is 9.55. The molecule has 2 aliphatic heterocycles. The van der Waals surface area contributed by atoms with E-state index in [1.54, 1.807) is 6.08 Å². The maximum absolute atomic E-state index is 14.3. The molecule has 18 heteroatoms. The number of nitrogens with zero attached hydrogens (tertiary/aromatic N) is 4. The molecular formula is C30H25BrCl3F3N4O7. The van der Waals surface area contributed by atoms with Crippen molar-refractivity contribution in [3.05, 3.63) is 52.2 Å². The molecule has 1 saturated carbocycles. The zero-order chi connectivity index (χ0) is 35.2. The van der Waals surface area contributed by atoms with Gasteiger partial charge in [0.15, 0.2) is 27.1 Å². The molecule has 0 spiro atoms. The SMILES string of the molecule is COc1cc(C2C3=CCC4C(=O)N(N(C)c5nc(C(F)(F)F)ccc5Cl)C(=O)C4C3CC3(Cl)C(=O)N(CBr)C(=O)C23Cl)cc(OC)c1O. The van der Waals surface area contributed by atoms with Crippen LogP contribution in [-0.4, -0.2) is 80.1 Å². The summed E-state index contributed by atoms with van der Waals surface area (Å²) < 4.78 is 51.2. The number of carbonyl (C=O) groups is 4. The number of amides is 4. The summed E-state index contributed by atoms with van der Waals surface area (Å²) in [6.45, 7) is 0. The van der Waals surface area contributed by atoms with Gasteiger partial charge in [0.2, 0.25) is 5.75 Å². The molecule has 256 valence electrons. The molecular weight excluding hydrogens is 772 g/mol. The lowest BCUT2D eigenvalue weighted by Gasteiger charge is -2.50. The Balaban J connectivity index is 1.49. The first kappa shape index (κ1) is 34.6. The average Bonchev–Trinajstić information content (AvgIpc) is 3.38.